The monoisotopic (exact) mass is 326 g/mol. The Morgan fingerprint density at radius 3 is 2.50 bits per heavy atom. The summed E-state index contributed by atoms with van der Waals surface area (Å²) < 4.78 is 10.7. The maximum atomic E-state index is 12.2. The summed E-state index contributed by atoms with van der Waals surface area (Å²) in [6.45, 7) is 7.40. The lowest BCUT2D eigenvalue weighted by Crippen LogP contribution is -2.36. The molecule has 2 aromatic rings. The first-order valence-electron chi connectivity index (χ1n) is 8.15. The van der Waals surface area contributed by atoms with E-state index in [9.17, 15) is 4.79 Å². The Bertz CT molecular complexity index is 687. The van der Waals surface area contributed by atoms with Crippen LogP contribution in [0.3, 0.4) is 0 Å². The van der Waals surface area contributed by atoms with Gasteiger partial charge in [0.15, 0.2) is 0 Å². The predicted molar refractivity (Wildman–Crippen MR) is 92.3 cm³/mol. The number of benzene rings is 1. The number of nitrogens with zero attached hydrogens (tertiary/aromatic N) is 2. The fourth-order valence-electron chi connectivity index (χ4n) is 2.87. The highest BCUT2D eigenvalue weighted by atomic mass is 16.5. The zero-order valence-corrected chi connectivity index (χ0v) is 14.1. The van der Waals surface area contributed by atoms with Crippen molar-refractivity contribution >= 4 is 11.8 Å². The van der Waals surface area contributed by atoms with Crippen LogP contribution in [0.4, 0.5) is 5.82 Å². The lowest BCUT2D eigenvalue weighted by Gasteiger charge is -2.27. The van der Waals surface area contributed by atoms with Crippen LogP contribution in [0.5, 0.6) is 0 Å². The van der Waals surface area contributed by atoms with Crippen molar-refractivity contribution in [2.45, 2.75) is 20.5 Å². The second-order valence-corrected chi connectivity index (χ2v) is 6.08. The molecule has 1 saturated heterocycles. The number of hydrogen-bond acceptors (Lipinski definition) is 5. The number of ether oxygens (including phenoxy) is 2. The Morgan fingerprint density at radius 1 is 1.17 bits per heavy atom. The SMILES string of the molecule is Cc1cc(C)cc(COC(=O)c2ccc(N3CCOCC3)nc2)c1. The molecule has 0 N–H and O–H groups in total. The maximum Gasteiger partial charge on any atom is 0.340 e. The number of carbonyl (C=O) groups is 1. The minimum atomic E-state index is -0.352. The van der Waals surface area contributed by atoms with Gasteiger partial charge in [-0.3, -0.25) is 0 Å². The first-order valence-corrected chi connectivity index (χ1v) is 8.15. The lowest BCUT2D eigenvalue weighted by atomic mass is 10.1. The second-order valence-electron chi connectivity index (χ2n) is 6.08. The standard InChI is InChI=1S/C19H22N2O3/c1-14-9-15(2)11-16(10-14)13-24-19(22)17-3-4-18(20-12-17)21-5-7-23-8-6-21/h3-4,9-12H,5-8,13H2,1-2H3. The molecule has 0 saturated carbocycles. The van der Waals surface area contributed by atoms with E-state index in [1.807, 2.05) is 32.0 Å². The third-order valence-corrected chi connectivity index (χ3v) is 3.97. The minimum absolute atomic E-state index is 0.270. The van der Waals surface area contributed by atoms with Gasteiger partial charge in [-0.05, 0) is 31.5 Å². The van der Waals surface area contributed by atoms with Gasteiger partial charge in [0.25, 0.3) is 0 Å². The van der Waals surface area contributed by atoms with Gasteiger partial charge in [-0.2, -0.15) is 0 Å². The van der Waals surface area contributed by atoms with Crippen LogP contribution in [0.1, 0.15) is 27.0 Å². The molecule has 5 heteroatoms. The molecule has 0 unspecified atom stereocenters. The van der Waals surface area contributed by atoms with E-state index in [-0.39, 0.29) is 12.6 Å². The molecular weight excluding hydrogens is 304 g/mol. The Morgan fingerprint density at radius 2 is 1.88 bits per heavy atom. The third-order valence-electron chi connectivity index (χ3n) is 3.97. The molecule has 1 fully saturated rings. The Balaban J connectivity index is 1.60. The molecule has 0 radical (unpaired) electrons. The molecule has 1 aliphatic rings. The van der Waals surface area contributed by atoms with E-state index in [4.69, 9.17) is 9.47 Å². The van der Waals surface area contributed by atoms with Crippen LogP contribution in [0.2, 0.25) is 0 Å². The Kier molecular flexibility index (Phi) is 5.11. The number of rotatable bonds is 4. The average Bonchev–Trinajstić information content (AvgIpc) is 2.60. The van der Waals surface area contributed by atoms with Crippen LogP contribution >= 0.6 is 0 Å². The van der Waals surface area contributed by atoms with Gasteiger partial charge < -0.3 is 14.4 Å². The van der Waals surface area contributed by atoms with Gasteiger partial charge in [-0.1, -0.05) is 29.3 Å². The normalized spacial score (nSPS) is 14.5. The van der Waals surface area contributed by atoms with E-state index < -0.39 is 0 Å². The zero-order chi connectivity index (χ0) is 16.9. The summed E-state index contributed by atoms with van der Waals surface area (Å²) in [6.07, 6.45) is 1.58. The number of anilines is 1. The highest BCUT2D eigenvalue weighted by Gasteiger charge is 2.14. The van der Waals surface area contributed by atoms with E-state index in [0.29, 0.717) is 18.8 Å². The highest BCUT2D eigenvalue weighted by Crippen LogP contribution is 2.15. The van der Waals surface area contributed by atoms with Crippen LogP contribution in [-0.4, -0.2) is 37.3 Å². The quantitative estimate of drug-likeness (QED) is 0.809. The molecule has 0 bridgehead atoms. The fourth-order valence-corrected chi connectivity index (χ4v) is 2.87. The van der Waals surface area contributed by atoms with Crippen LogP contribution < -0.4 is 4.90 Å². The molecule has 0 aliphatic carbocycles. The van der Waals surface area contributed by atoms with E-state index >= 15 is 0 Å². The average molecular weight is 326 g/mol. The van der Waals surface area contributed by atoms with Crippen molar-refractivity contribution in [3.8, 4) is 0 Å². The van der Waals surface area contributed by atoms with Gasteiger partial charge in [-0.15, -0.1) is 0 Å². The van der Waals surface area contributed by atoms with Gasteiger partial charge in [0.05, 0.1) is 18.8 Å². The van der Waals surface area contributed by atoms with Crippen molar-refractivity contribution in [2.75, 3.05) is 31.2 Å². The largest absolute Gasteiger partial charge is 0.457 e. The predicted octanol–water partition coefficient (Wildman–Crippen LogP) is 2.89. The van der Waals surface area contributed by atoms with Crippen LogP contribution in [0.25, 0.3) is 0 Å². The number of hydrogen-bond donors (Lipinski definition) is 0. The first kappa shape index (κ1) is 16.5. The van der Waals surface area contributed by atoms with E-state index in [1.165, 1.54) is 0 Å². The van der Waals surface area contributed by atoms with Crippen molar-refractivity contribution in [3.05, 3.63) is 58.8 Å². The molecule has 2 heterocycles. The molecular formula is C19H22N2O3. The number of esters is 1. The molecule has 0 atom stereocenters. The zero-order valence-electron chi connectivity index (χ0n) is 14.1. The molecule has 0 spiro atoms. The van der Waals surface area contributed by atoms with Gasteiger partial charge in [0.2, 0.25) is 0 Å². The van der Waals surface area contributed by atoms with Crippen LogP contribution in [-0.2, 0) is 16.1 Å². The molecule has 1 aromatic carbocycles. The summed E-state index contributed by atoms with van der Waals surface area (Å²) in [4.78, 5) is 18.7. The molecule has 1 aliphatic heterocycles. The van der Waals surface area contributed by atoms with Crippen molar-refractivity contribution in [1.29, 1.82) is 0 Å². The van der Waals surface area contributed by atoms with Crippen molar-refractivity contribution < 1.29 is 14.3 Å². The molecule has 24 heavy (non-hydrogen) atoms. The van der Waals surface area contributed by atoms with Crippen LogP contribution in [0, 0.1) is 13.8 Å². The summed E-state index contributed by atoms with van der Waals surface area (Å²) >= 11 is 0. The van der Waals surface area contributed by atoms with Crippen molar-refractivity contribution in [1.82, 2.24) is 4.98 Å². The number of aromatic nitrogens is 1. The Labute approximate surface area is 142 Å². The number of morpholine rings is 1. The van der Waals surface area contributed by atoms with E-state index in [2.05, 4.69) is 16.0 Å². The van der Waals surface area contributed by atoms with Gasteiger partial charge in [0.1, 0.15) is 12.4 Å². The lowest BCUT2D eigenvalue weighted by molar-refractivity contribution is 0.0472. The van der Waals surface area contributed by atoms with Crippen molar-refractivity contribution in [3.63, 3.8) is 0 Å². The topological polar surface area (TPSA) is 51.7 Å². The summed E-state index contributed by atoms with van der Waals surface area (Å²) in [5.41, 5.74) is 3.80. The Hall–Kier alpha value is -2.40. The fraction of sp³-hybridized carbons (Fsp3) is 0.368. The van der Waals surface area contributed by atoms with Gasteiger partial charge in [-0.25, -0.2) is 9.78 Å². The molecule has 5 nitrogen and oxygen atoms in total. The highest BCUT2D eigenvalue weighted by molar-refractivity contribution is 5.89. The number of aryl methyl sites for hydroxylation is 2. The van der Waals surface area contributed by atoms with Crippen LogP contribution in [0.15, 0.2) is 36.5 Å². The summed E-state index contributed by atoms with van der Waals surface area (Å²) in [6, 6.07) is 9.78. The smallest absolute Gasteiger partial charge is 0.340 e. The second kappa shape index (κ2) is 7.45. The first-order chi connectivity index (χ1) is 11.6. The van der Waals surface area contributed by atoms with E-state index in [1.54, 1.807) is 12.3 Å². The van der Waals surface area contributed by atoms with Crippen molar-refractivity contribution in [2.24, 2.45) is 0 Å². The number of carbonyl (C=O) groups excluding carboxylic acids is 1. The number of pyridine rings is 1. The third kappa shape index (κ3) is 4.11. The summed E-state index contributed by atoms with van der Waals surface area (Å²) in [5.74, 6) is 0.513. The molecule has 3 rings (SSSR count). The van der Waals surface area contributed by atoms with E-state index in [0.717, 1.165) is 35.6 Å². The maximum absolute atomic E-state index is 12.2. The molecule has 126 valence electrons. The summed E-state index contributed by atoms with van der Waals surface area (Å²) in [5, 5.41) is 0. The van der Waals surface area contributed by atoms with Gasteiger partial charge >= 0.3 is 5.97 Å². The molecule has 1 aromatic heterocycles. The minimum Gasteiger partial charge on any atom is -0.457 e. The van der Waals surface area contributed by atoms with Gasteiger partial charge in [0, 0.05) is 19.3 Å². The molecule has 0 amide bonds. The summed E-state index contributed by atoms with van der Waals surface area (Å²) in [7, 11) is 0.